The summed E-state index contributed by atoms with van der Waals surface area (Å²) in [6, 6.07) is 6.07. The van der Waals surface area contributed by atoms with Crippen molar-refractivity contribution in [1.29, 1.82) is 0 Å². The van der Waals surface area contributed by atoms with Crippen LogP contribution in [-0.2, 0) is 0 Å². The van der Waals surface area contributed by atoms with Crippen molar-refractivity contribution >= 4 is 27.5 Å². The van der Waals surface area contributed by atoms with Gasteiger partial charge >= 0.3 is 0 Å². The maximum atomic E-state index is 6.25. The summed E-state index contributed by atoms with van der Waals surface area (Å²) in [6.07, 6.45) is 5.11. The molecule has 1 fully saturated rings. The van der Waals surface area contributed by atoms with Crippen LogP contribution in [0, 0.1) is 5.92 Å². The van der Waals surface area contributed by atoms with Crippen LogP contribution in [0.2, 0.25) is 5.02 Å². The van der Waals surface area contributed by atoms with Gasteiger partial charge in [-0.15, -0.1) is 0 Å². The first kappa shape index (κ1) is 11.4. The molecule has 1 aromatic rings. The molecule has 82 valence electrons. The molecule has 1 aliphatic rings. The van der Waals surface area contributed by atoms with E-state index < -0.39 is 0 Å². The molecule has 2 N–H and O–H groups in total. The van der Waals surface area contributed by atoms with Crippen molar-refractivity contribution in [2.75, 3.05) is 0 Å². The Kier molecular flexibility index (Phi) is 3.70. The van der Waals surface area contributed by atoms with E-state index in [1.165, 1.54) is 25.7 Å². The number of halogens is 2. The zero-order valence-electron chi connectivity index (χ0n) is 8.55. The third kappa shape index (κ3) is 2.55. The van der Waals surface area contributed by atoms with Gasteiger partial charge < -0.3 is 5.73 Å². The molecule has 0 unspecified atom stereocenters. The van der Waals surface area contributed by atoms with Crippen LogP contribution in [0.1, 0.15) is 37.3 Å². The van der Waals surface area contributed by atoms with Gasteiger partial charge in [0, 0.05) is 15.5 Å². The van der Waals surface area contributed by atoms with Crippen molar-refractivity contribution < 1.29 is 0 Å². The fourth-order valence-corrected chi connectivity index (χ4v) is 3.14. The van der Waals surface area contributed by atoms with E-state index in [2.05, 4.69) is 15.9 Å². The molecule has 2 rings (SSSR count). The van der Waals surface area contributed by atoms with E-state index in [0.717, 1.165) is 15.1 Å². The molecule has 1 nitrogen and oxygen atoms in total. The van der Waals surface area contributed by atoms with Gasteiger partial charge in [-0.1, -0.05) is 46.4 Å². The molecule has 15 heavy (non-hydrogen) atoms. The Balaban J connectivity index is 2.20. The van der Waals surface area contributed by atoms with Crippen molar-refractivity contribution in [3.05, 3.63) is 33.3 Å². The summed E-state index contributed by atoms with van der Waals surface area (Å²) in [7, 11) is 0. The number of nitrogens with two attached hydrogens (primary N) is 1. The third-order valence-electron chi connectivity index (χ3n) is 3.23. The number of rotatable bonds is 2. The molecule has 1 atom stereocenters. The summed E-state index contributed by atoms with van der Waals surface area (Å²) in [5.74, 6) is 0.615. The van der Waals surface area contributed by atoms with Crippen molar-refractivity contribution in [1.82, 2.24) is 0 Å². The lowest BCUT2D eigenvalue weighted by Crippen LogP contribution is -2.19. The second-order valence-corrected chi connectivity index (χ2v) is 5.56. The van der Waals surface area contributed by atoms with Crippen LogP contribution >= 0.6 is 27.5 Å². The fraction of sp³-hybridized carbons (Fsp3) is 0.500. The van der Waals surface area contributed by atoms with E-state index in [9.17, 15) is 0 Å². The minimum absolute atomic E-state index is 0.105. The van der Waals surface area contributed by atoms with Crippen molar-refractivity contribution in [3.8, 4) is 0 Å². The molecule has 0 bridgehead atoms. The van der Waals surface area contributed by atoms with Gasteiger partial charge in [0.2, 0.25) is 0 Å². The van der Waals surface area contributed by atoms with Gasteiger partial charge in [-0.05, 0) is 36.5 Å². The minimum atomic E-state index is 0.105. The maximum absolute atomic E-state index is 6.25. The Morgan fingerprint density at radius 1 is 1.33 bits per heavy atom. The molecule has 0 radical (unpaired) electrons. The number of hydrogen-bond acceptors (Lipinski definition) is 1. The molecular formula is C12H15BrClN. The second-order valence-electron chi connectivity index (χ2n) is 4.24. The highest BCUT2D eigenvalue weighted by molar-refractivity contribution is 9.10. The molecule has 0 saturated heterocycles. The summed E-state index contributed by atoms with van der Waals surface area (Å²) in [6.45, 7) is 0. The normalized spacial score (nSPS) is 19.4. The number of benzene rings is 1. The predicted octanol–water partition coefficient (Wildman–Crippen LogP) is 4.29. The van der Waals surface area contributed by atoms with Gasteiger partial charge in [0.1, 0.15) is 0 Å². The Bertz CT molecular complexity index is 347. The van der Waals surface area contributed by atoms with E-state index in [-0.39, 0.29) is 6.04 Å². The van der Waals surface area contributed by atoms with Crippen LogP contribution in [0.4, 0.5) is 0 Å². The Morgan fingerprint density at radius 3 is 2.60 bits per heavy atom. The first-order chi connectivity index (χ1) is 7.18. The average Bonchev–Trinajstić information content (AvgIpc) is 2.69. The fourth-order valence-electron chi connectivity index (χ4n) is 2.34. The standard InChI is InChI=1S/C12H15BrClN/c13-9-5-6-10(11(14)7-9)12(15)8-3-1-2-4-8/h5-8,12H,1-4,15H2/t12-/m1/s1. The molecule has 0 aromatic heterocycles. The van der Waals surface area contributed by atoms with Gasteiger partial charge in [-0.2, -0.15) is 0 Å². The lowest BCUT2D eigenvalue weighted by molar-refractivity contribution is 0.445. The highest BCUT2D eigenvalue weighted by Gasteiger charge is 2.24. The smallest absolute Gasteiger partial charge is 0.0465 e. The van der Waals surface area contributed by atoms with E-state index in [1.54, 1.807) is 0 Å². The van der Waals surface area contributed by atoms with Gasteiger partial charge in [0.15, 0.2) is 0 Å². The Morgan fingerprint density at radius 2 is 2.00 bits per heavy atom. The van der Waals surface area contributed by atoms with Gasteiger partial charge in [-0.3, -0.25) is 0 Å². The van der Waals surface area contributed by atoms with Crippen LogP contribution in [0.15, 0.2) is 22.7 Å². The van der Waals surface area contributed by atoms with Crippen LogP contribution in [-0.4, -0.2) is 0 Å². The van der Waals surface area contributed by atoms with Crippen LogP contribution in [0.3, 0.4) is 0 Å². The zero-order chi connectivity index (χ0) is 10.8. The SMILES string of the molecule is N[C@@H](c1ccc(Br)cc1Cl)C1CCCC1. The summed E-state index contributed by atoms with van der Waals surface area (Å²) < 4.78 is 1.01. The molecule has 1 saturated carbocycles. The van der Waals surface area contributed by atoms with Crippen LogP contribution < -0.4 is 5.73 Å². The molecule has 1 aliphatic carbocycles. The summed E-state index contributed by atoms with van der Waals surface area (Å²) in [5.41, 5.74) is 7.34. The molecular weight excluding hydrogens is 273 g/mol. The van der Waals surface area contributed by atoms with E-state index in [4.69, 9.17) is 17.3 Å². The summed E-state index contributed by atoms with van der Waals surface area (Å²) in [4.78, 5) is 0. The predicted molar refractivity (Wildman–Crippen MR) is 68.0 cm³/mol. The number of hydrogen-bond donors (Lipinski definition) is 1. The Hall–Kier alpha value is -0.0500. The Labute approximate surface area is 104 Å². The third-order valence-corrected chi connectivity index (χ3v) is 4.05. The van der Waals surface area contributed by atoms with Gasteiger partial charge in [-0.25, -0.2) is 0 Å². The van der Waals surface area contributed by atoms with Crippen molar-refractivity contribution in [2.24, 2.45) is 11.7 Å². The molecule has 0 spiro atoms. The average molecular weight is 289 g/mol. The second kappa shape index (κ2) is 4.86. The van der Waals surface area contributed by atoms with E-state index >= 15 is 0 Å². The molecule has 0 heterocycles. The van der Waals surface area contributed by atoms with Crippen molar-refractivity contribution in [3.63, 3.8) is 0 Å². The van der Waals surface area contributed by atoms with Crippen LogP contribution in [0.25, 0.3) is 0 Å². The van der Waals surface area contributed by atoms with Gasteiger partial charge in [0.25, 0.3) is 0 Å². The van der Waals surface area contributed by atoms with Crippen LogP contribution in [0.5, 0.6) is 0 Å². The monoisotopic (exact) mass is 287 g/mol. The quantitative estimate of drug-likeness (QED) is 0.863. The van der Waals surface area contributed by atoms with E-state index in [1.807, 2.05) is 18.2 Å². The molecule has 1 aromatic carbocycles. The lowest BCUT2D eigenvalue weighted by atomic mass is 9.92. The zero-order valence-corrected chi connectivity index (χ0v) is 10.9. The lowest BCUT2D eigenvalue weighted by Gasteiger charge is -2.20. The first-order valence-electron chi connectivity index (χ1n) is 5.39. The van der Waals surface area contributed by atoms with Crippen molar-refractivity contribution in [2.45, 2.75) is 31.7 Å². The minimum Gasteiger partial charge on any atom is -0.324 e. The largest absolute Gasteiger partial charge is 0.324 e. The topological polar surface area (TPSA) is 26.0 Å². The van der Waals surface area contributed by atoms with Gasteiger partial charge in [0.05, 0.1) is 0 Å². The molecule has 0 amide bonds. The van der Waals surface area contributed by atoms with E-state index in [0.29, 0.717) is 5.92 Å². The molecule has 3 heteroatoms. The highest BCUT2D eigenvalue weighted by atomic mass is 79.9. The molecule has 0 aliphatic heterocycles. The first-order valence-corrected chi connectivity index (χ1v) is 6.56. The summed E-state index contributed by atoms with van der Waals surface area (Å²) in [5, 5.41) is 0.781. The summed E-state index contributed by atoms with van der Waals surface area (Å²) >= 11 is 9.60. The highest BCUT2D eigenvalue weighted by Crippen LogP contribution is 2.37. The maximum Gasteiger partial charge on any atom is 0.0465 e.